The van der Waals surface area contributed by atoms with Gasteiger partial charge in [-0.3, -0.25) is 4.79 Å². The molecule has 0 radical (unpaired) electrons. The van der Waals surface area contributed by atoms with Crippen LogP contribution in [0.5, 0.6) is 0 Å². The average molecular weight is 179 g/mol. The normalized spacial score (nSPS) is 15.8. The second kappa shape index (κ2) is 3.24. The van der Waals surface area contributed by atoms with Crippen molar-refractivity contribution in [2.75, 3.05) is 7.05 Å². The van der Waals surface area contributed by atoms with Gasteiger partial charge in [0, 0.05) is 25.1 Å². The summed E-state index contributed by atoms with van der Waals surface area (Å²) in [6.07, 6.45) is 5.44. The van der Waals surface area contributed by atoms with Gasteiger partial charge >= 0.3 is 0 Å². The van der Waals surface area contributed by atoms with Crippen molar-refractivity contribution >= 4 is 5.91 Å². The van der Waals surface area contributed by atoms with Gasteiger partial charge in [-0.2, -0.15) is 0 Å². The molecule has 1 aliphatic rings. The highest BCUT2D eigenvalue weighted by Gasteiger charge is 2.31. The van der Waals surface area contributed by atoms with E-state index in [9.17, 15) is 4.79 Å². The number of furan rings is 1. The van der Waals surface area contributed by atoms with Crippen LogP contribution >= 0.6 is 0 Å². The predicted octanol–water partition coefficient (Wildman–Crippen LogP) is 1.65. The Morgan fingerprint density at radius 1 is 1.69 bits per heavy atom. The van der Waals surface area contributed by atoms with Crippen molar-refractivity contribution in [2.45, 2.75) is 19.4 Å². The summed E-state index contributed by atoms with van der Waals surface area (Å²) >= 11 is 0. The van der Waals surface area contributed by atoms with E-state index in [-0.39, 0.29) is 5.91 Å². The van der Waals surface area contributed by atoms with Crippen molar-refractivity contribution < 1.29 is 9.21 Å². The van der Waals surface area contributed by atoms with Gasteiger partial charge in [-0.05, 0) is 18.9 Å². The molecule has 0 unspecified atom stereocenters. The zero-order valence-electron chi connectivity index (χ0n) is 7.69. The Kier molecular flexibility index (Phi) is 2.08. The van der Waals surface area contributed by atoms with Crippen LogP contribution in [0.15, 0.2) is 23.0 Å². The minimum atomic E-state index is 0.265. The van der Waals surface area contributed by atoms with Crippen molar-refractivity contribution in [3.63, 3.8) is 0 Å². The van der Waals surface area contributed by atoms with Gasteiger partial charge in [0.05, 0.1) is 12.5 Å². The molecule has 0 N–H and O–H groups in total. The lowest BCUT2D eigenvalue weighted by atomic mass is 10.3. The molecule has 2 rings (SSSR count). The number of hydrogen-bond donors (Lipinski definition) is 0. The Morgan fingerprint density at radius 3 is 3.00 bits per heavy atom. The van der Waals surface area contributed by atoms with E-state index in [2.05, 4.69) is 0 Å². The quantitative estimate of drug-likeness (QED) is 0.706. The van der Waals surface area contributed by atoms with Crippen LogP contribution in [0.2, 0.25) is 0 Å². The minimum absolute atomic E-state index is 0.265. The Balaban J connectivity index is 1.90. The molecule has 3 nitrogen and oxygen atoms in total. The van der Waals surface area contributed by atoms with Crippen LogP contribution in [-0.2, 0) is 11.3 Å². The average Bonchev–Trinajstić information content (AvgIpc) is 2.85. The molecule has 0 spiro atoms. The minimum Gasteiger partial charge on any atom is -0.472 e. The molecule has 0 bridgehead atoms. The van der Waals surface area contributed by atoms with E-state index in [4.69, 9.17) is 4.42 Å². The fraction of sp³-hybridized carbons (Fsp3) is 0.500. The molecule has 1 fully saturated rings. The molecule has 1 amide bonds. The summed E-state index contributed by atoms with van der Waals surface area (Å²) in [5, 5.41) is 0. The van der Waals surface area contributed by atoms with Crippen LogP contribution in [0.3, 0.4) is 0 Å². The van der Waals surface area contributed by atoms with Crippen molar-refractivity contribution in [3.8, 4) is 0 Å². The molecule has 0 atom stereocenters. The van der Waals surface area contributed by atoms with Crippen LogP contribution in [0.4, 0.5) is 0 Å². The molecular weight excluding hydrogens is 166 g/mol. The van der Waals surface area contributed by atoms with Gasteiger partial charge < -0.3 is 9.32 Å². The van der Waals surface area contributed by atoms with E-state index < -0.39 is 0 Å². The van der Waals surface area contributed by atoms with Gasteiger partial charge in [-0.1, -0.05) is 0 Å². The summed E-state index contributed by atoms with van der Waals surface area (Å²) in [5.74, 6) is 0.568. The van der Waals surface area contributed by atoms with Gasteiger partial charge in [0.15, 0.2) is 0 Å². The Hall–Kier alpha value is -1.25. The summed E-state index contributed by atoms with van der Waals surface area (Å²) in [5.41, 5.74) is 1.05. The number of hydrogen-bond acceptors (Lipinski definition) is 2. The molecule has 0 saturated heterocycles. The number of amides is 1. The number of carbonyl (C=O) groups is 1. The lowest BCUT2D eigenvalue weighted by Crippen LogP contribution is -2.27. The standard InChI is InChI=1S/C10H13NO2/c1-11(10(12)9-2-3-9)6-8-4-5-13-7-8/h4-5,7,9H,2-3,6H2,1H3. The highest BCUT2D eigenvalue weighted by atomic mass is 16.3. The molecule has 1 aromatic rings. The largest absolute Gasteiger partial charge is 0.472 e. The first-order valence-electron chi connectivity index (χ1n) is 4.53. The fourth-order valence-electron chi connectivity index (χ4n) is 1.38. The SMILES string of the molecule is CN(Cc1ccoc1)C(=O)C1CC1. The summed E-state index contributed by atoms with van der Waals surface area (Å²) in [6.45, 7) is 0.659. The molecule has 1 aromatic heterocycles. The van der Waals surface area contributed by atoms with Crippen LogP contribution < -0.4 is 0 Å². The third-order valence-electron chi connectivity index (χ3n) is 2.30. The first-order valence-corrected chi connectivity index (χ1v) is 4.53. The molecule has 3 heteroatoms. The van der Waals surface area contributed by atoms with Crippen molar-refractivity contribution in [3.05, 3.63) is 24.2 Å². The van der Waals surface area contributed by atoms with Gasteiger partial charge in [0.25, 0.3) is 0 Å². The Bertz CT molecular complexity index is 288. The topological polar surface area (TPSA) is 33.5 Å². The molecule has 70 valence electrons. The second-order valence-corrected chi connectivity index (χ2v) is 3.60. The Labute approximate surface area is 77.3 Å². The Morgan fingerprint density at radius 2 is 2.46 bits per heavy atom. The smallest absolute Gasteiger partial charge is 0.225 e. The second-order valence-electron chi connectivity index (χ2n) is 3.60. The van der Waals surface area contributed by atoms with Gasteiger partial charge in [-0.15, -0.1) is 0 Å². The fourth-order valence-corrected chi connectivity index (χ4v) is 1.38. The molecular formula is C10H13NO2. The zero-order valence-corrected chi connectivity index (χ0v) is 7.69. The third kappa shape index (κ3) is 1.91. The summed E-state index contributed by atoms with van der Waals surface area (Å²) in [4.78, 5) is 13.3. The van der Waals surface area contributed by atoms with Gasteiger partial charge in [0.2, 0.25) is 5.91 Å². The van der Waals surface area contributed by atoms with E-state index >= 15 is 0 Å². The monoisotopic (exact) mass is 179 g/mol. The lowest BCUT2D eigenvalue weighted by Gasteiger charge is -2.15. The van der Waals surface area contributed by atoms with Crippen LogP contribution in [0.1, 0.15) is 18.4 Å². The zero-order chi connectivity index (χ0) is 9.26. The van der Waals surface area contributed by atoms with E-state index in [1.54, 1.807) is 17.4 Å². The van der Waals surface area contributed by atoms with E-state index in [0.717, 1.165) is 18.4 Å². The van der Waals surface area contributed by atoms with Crippen molar-refractivity contribution in [2.24, 2.45) is 5.92 Å². The number of rotatable bonds is 3. The summed E-state index contributed by atoms with van der Waals surface area (Å²) < 4.78 is 4.93. The molecule has 0 aromatic carbocycles. The third-order valence-corrected chi connectivity index (χ3v) is 2.30. The van der Waals surface area contributed by atoms with E-state index in [0.29, 0.717) is 12.5 Å². The molecule has 1 saturated carbocycles. The highest BCUT2D eigenvalue weighted by Crippen LogP contribution is 2.30. The van der Waals surface area contributed by atoms with E-state index in [1.165, 1.54) is 0 Å². The predicted molar refractivity (Wildman–Crippen MR) is 47.9 cm³/mol. The van der Waals surface area contributed by atoms with Gasteiger partial charge in [0.1, 0.15) is 0 Å². The maximum atomic E-state index is 11.5. The first kappa shape index (κ1) is 8.35. The maximum absolute atomic E-state index is 11.5. The number of carbonyl (C=O) groups excluding carboxylic acids is 1. The molecule has 13 heavy (non-hydrogen) atoms. The molecule has 1 aliphatic carbocycles. The number of nitrogens with zero attached hydrogens (tertiary/aromatic N) is 1. The van der Waals surface area contributed by atoms with Crippen LogP contribution in [-0.4, -0.2) is 17.9 Å². The first-order chi connectivity index (χ1) is 6.27. The van der Waals surface area contributed by atoms with Crippen molar-refractivity contribution in [1.29, 1.82) is 0 Å². The molecule has 1 heterocycles. The van der Waals surface area contributed by atoms with Crippen LogP contribution in [0.25, 0.3) is 0 Å². The van der Waals surface area contributed by atoms with E-state index in [1.807, 2.05) is 13.1 Å². The summed E-state index contributed by atoms with van der Waals surface area (Å²) in [6, 6.07) is 1.89. The van der Waals surface area contributed by atoms with Gasteiger partial charge in [-0.25, -0.2) is 0 Å². The molecule has 0 aliphatic heterocycles. The lowest BCUT2D eigenvalue weighted by molar-refractivity contribution is -0.131. The van der Waals surface area contributed by atoms with Crippen LogP contribution in [0, 0.1) is 5.92 Å². The van der Waals surface area contributed by atoms with Crippen molar-refractivity contribution in [1.82, 2.24) is 4.90 Å². The summed E-state index contributed by atoms with van der Waals surface area (Å²) in [7, 11) is 1.84. The maximum Gasteiger partial charge on any atom is 0.225 e. The highest BCUT2D eigenvalue weighted by molar-refractivity contribution is 5.80.